The number of benzene rings is 17. The lowest BCUT2D eigenvalue weighted by atomic mass is 9.74. The number of pyridine rings is 2. The van der Waals surface area contributed by atoms with Crippen LogP contribution in [-0.4, -0.2) is 48.2 Å². The highest BCUT2D eigenvalue weighted by atomic mass is 15.1. The molecule has 4 aliphatic heterocycles. The number of rotatable bonds is 10. The Balaban J connectivity index is 0.0000000994. The molecule has 6 aromatic heterocycles. The van der Waals surface area contributed by atoms with E-state index in [9.17, 15) is 0 Å². The minimum Gasteiger partial charge on any atom is -0.292 e. The van der Waals surface area contributed by atoms with E-state index in [2.05, 4.69) is 472 Å². The molecule has 0 amide bonds. The summed E-state index contributed by atoms with van der Waals surface area (Å²) in [6.45, 7) is 18.6. The molecule has 0 bridgehead atoms. The lowest BCUT2D eigenvalue weighted by Crippen LogP contribution is -2.26. The molecule has 0 saturated carbocycles. The Morgan fingerprint density at radius 2 is 0.456 bits per heavy atom. The number of fused-ring (bicyclic) bond motifs is 9. The van der Waals surface area contributed by atoms with Gasteiger partial charge in [0, 0.05) is 45.2 Å². The Morgan fingerprint density at radius 3 is 0.860 bits per heavy atom. The largest absolute Gasteiger partial charge is 0.292 e. The maximum absolute atomic E-state index is 5.12. The van der Waals surface area contributed by atoms with Crippen molar-refractivity contribution < 1.29 is 0 Å². The zero-order valence-corrected chi connectivity index (χ0v) is 77.0. The summed E-state index contributed by atoms with van der Waals surface area (Å²) in [4.78, 5) is 29.5. The van der Waals surface area contributed by atoms with Crippen molar-refractivity contribution in [2.24, 2.45) is 0 Å². The van der Waals surface area contributed by atoms with Crippen molar-refractivity contribution in [3.63, 3.8) is 0 Å². The molecule has 136 heavy (non-hydrogen) atoms. The lowest BCUT2D eigenvalue weighted by molar-refractivity contribution is 0.629. The van der Waals surface area contributed by atoms with E-state index in [4.69, 9.17) is 19.9 Å². The van der Waals surface area contributed by atoms with Gasteiger partial charge in [0.1, 0.15) is 23.0 Å². The van der Waals surface area contributed by atoms with Crippen LogP contribution in [0.25, 0.3) is 190 Å². The summed E-state index contributed by atoms with van der Waals surface area (Å²) in [5.41, 5.74) is 42.5. The van der Waals surface area contributed by atoms with E-state index in [1.54, 1.807) is 0 Å². The molecular weight excluding hydrogens is 1650 g/mol. The van der Waals surface area contributed by atoms with Crippen LogP contribution in [0.1, 0.15) is 99.9 Å². The topological polar surface area (TPSA) is 97.1 Å². The van der Waals surface area contributed by atoms with Crippen molar-refractivity contribution in [3.05, 3.63) is 482 Å². The second-order valence-corrected chi connectivity index (χ2v) is 38.1. The van der Waals surface area contributed by atoms with Gasteiger partial charge in [0.25, 0.3) is 0 Å². The quantitative estimate of drug-likeness (QED) is 0.135. The zero-order chi connectivity index (χ0) is 91.7. The van der Waals surface area contributed by atoms with Gasteiger partial charge in [-0.1, -0.05) is 377 Å². The molecule has 0 fully saturated rings. The Bertz CT molecular complexity index is 8610. The van der Waals surface area contributed by atoms with Gasteiger partial charge in [0.15, 0.2) is 11.6 Å². The molecule has 10 heteroatoms. The molecular formula is C126H96N10. The van der Waals surface area contributed by atoms with Gasteiger partial charge < -0.3 is 0 Å². The van der Waals surface area contributed by atoms with Crippen LogP contribution in [0.5, 0.6) is 0 Å². The van der Waals surface area contributed by atoms with Gasteiger partial charge in [0.2, 0.25) is 0 Å². The first-order valence-corrected chi connectivity index (χ1v) is 47.0. The van der Waals surface area contributed by atoms with Crippen molar-refractivity contribution in [1.82, 2.24) is 48.2 Å². The van der Waals surface area contributed by atoms with Gasteiger partial charge in [-0.05, 0) is 225 Å². The van der Waals surface area contributed by atoms with Crippen LogP contribution in [0, 0.1) is 0 Å². The molecule has 0 N–H and O–H groups in total. The first kappa shape index (κ1) is 82.3. The molecule has 17 aromatic carbocycles. The van der Waals surface area contributed by atoms with E-state index in [0.29, 0.717) is 0 Å². The Kier molecular flexibility index (Phi) is 19.7. The number of nitrogens with zero attached hydrogens (tertiary/aromatic N) is 10. The fourth-order valence-electron chi connectivity index (χ4n) is 21.8. The van der Waals surface area contributed by atoms with E-state index < -0.39 is 0 Å². The summed E-state index contributed by atoms with van der Waals surface area (Å²) >= 11 is 0. The van der Waals surface area contributed by atoms with E-state index in [1.165, 1.54) is 167 Å². The minimum absolute atomic E-state index is 0.128. The molecule has 0 aliphatic carbocycles. The van der Waals surface area contributed by atoms with Gasteiger partial charge in [0.05, 0.1) is 66.9 Å². The second-order valence-electron chi connectivity index (χ2n) is 38.1. The SMILES string of the molecule is CC1(C)c2cc(-c3cccc(-c4ccccc4)c3)ccc2-n2c(-c3ccccc3)nc3cccc1c32.CC1(C)c2cc(-c3cccc4ccccc34)ccc2-n2c(-c3ccccn3)nc3cccc1c32.CC1(C)c2cc(-c3ccccc3)ccc2-n2c(-c3ccccn3)nc3cccc1c32.CC1(C)c2cc(-c3ccccc3-c3ccccc3)ccc2-n2c(-c3ccccc3)nc3cccc1c32. The molecule has 23 aromatic rings. The molecule has 0 saturated heterocycles. The highest BCUT2D eigenvalue weighted by molar-refractivity contribution is 6.00. The molecule has 0 spiro atoms. The average molecular weight is 1750 g/mol. The van der Waals surface area contributed by atoms with Crippen LogP contribution >= 0.6 is 0 Å². The molecule has 0 atom stereocenters. The number of aromatic nitrogens is 10. The standard InChI is InChI=1S/2C34H26N2.C31H23N3.C27H21N3/c1-34(2)28-17-10-18-30-32(28)36(33(35-30)24-13-7-4-8-14-24)31-20-19-27(22-29(31)34)26-16-9-15-25(21-26)23-11-5-3-6-12-23;1-34(2)28-18-11-19-30-32(28)36(33(35-30)24-14-7-4-8-15-24)31-21-20-25(22-29(31)34)27-17-10-9-16-26(27)23-12-5-3-6-13-23;1-31(2)24-13-8-15-26-29(24)34(30(33-26)27-14-5-6-18-32-27)28-17-16-21(19-25(28)31)23-12-7-10-20-9-3-4-11-22(20)23;1-27(2)20-11-8-13-22-25(20)30(26(29-22)23-12-6-7-16-28-23)24-15-14-19(17-21(24)27)18-9-4-3-5-10-18/h2*3-22H,1-2H3;3-19H,1-2H3;3-17H,1-2H3. The summed E-state index contributed by atoms with van der Waals surface area (Å²) in [6.07, 6.45) is 3.66. The third-order valence-electron chi connectivity index (χ3n) is 28.7. The second kappa shape index (κ2) is 32.6. The van der Waals surface area contributed by atoms with Crippen LogP contribution in [0.3, 0.4) is 0 Å². The summed E-state index contributed by atoms with van der Waals surface area (Å²) < 4.78 is 9.33. The fraction of sp³-hybridized carbons (Fsp3) is 0.0952. The van der Waals surface area contributed by atoms with Gasteiger partial charge in [-0.25, -0.2) is 19.9 Å². The average Bonchev–Trinajstić information content (AvgIpc) is 1.51. The summed E-state index contributed by atoms with van der Waals surface area (Å²) in [5.74, 6) is 3.76. The van der Waals surface area contributed by atoms with Crippen LogP contribution < -0.4 is 0 Å². The van der Waals surface area contributed by atoms with E-state index in [1.807, 2.05) is 48.8 Å². The van der Waals surface area contributed by atoms with Crippen LogP contribution in [0.2, 0.25) is 0 Å². The van der Waals surface area contributed by atoms with Crippen molar-refractivity contribution in [1.29, 1.82) is 0 Å². The Labute approximate surface area is 791 Å². The highest BCUT2D eigenvalue weighted by Gasteiger charge is 2.42. The molecule has 0 unspecified atom stereocenters. The molecule has 10 heterocycles. The number of hydrogen-bond donors (Lipinski definition) is 0. The Hall–Kier alpha value is -16.8. The minimum atomic E-state index is -0.160. The van der Waals surface area contributed by atoms with Crippen molar-refractivity contribution in [2.75, 3.05) is 0 Å². The first-order valence-electron chi connectivity index (χ1n) is 47.0. The van der Waals surface area contributed by atoms with Crippen molar-refractivity contribution in [2.45, 2.75) is 77.0 Å². The first-order chi connectivity index (χ1) is 66.5. The van der Waals surface area contributed by atoms with Crippen LogP contribution in [0.15, 0.2) is 437 Å². The van der Waals surface area contributed by atoms with Gasteiger partial charge in [-0.15, -0.1) is 0 Å². The molecule has 650 valence electrons. The lowest BCUT2D eigenvalue weighted by Gasteiger charge is -2.35. The van der Waals surface area contributed by atoms with E-state index >= 15 is 0 Å². The number of hydrogen-bond acceptors (Lipinski definition) is 6. The highest BCUT2D eigenvalue weighted by Crippen LogP contribution is 2.54. The third kappa shape index (κ3) is 13.6. The predicted molar refractivity (Wildman–Crippen MR) is 560 cm³/mol. The van der Waals surface area contributed by atoms with Gasteiger partial charge in [-0.3, -0.25) is 28.2 Å². The van der Waals surface area contributed by atoms with Gasteiger partial charge >= 0.3 is 0 Å². The molecule has 10 nitrogen and oxygen atoms in total. The monoisotopic (exact) mass is 1750 g/mol. The smallest absolute Gasteiger partial charge is 0.164 e. The number of imidazole rings is 4. The van der Waals surface area contributed by atoms with E-state index in [0.717, 1.165) is 67.9 Å². The maximum Gasteiger partial charge on any atom is 0.164 e. The maximum atomic E-state index is 5.12. The van der Waals surface area contributed by atoms with Gasteiger partial charge in [-0.2, -0.15) is 0 Å². The summed E-state index contributed by atoms with van der Waals surface area (Å²) in [5, 5.41) is 2.54. The third-order valence-corrected chi connectivity index (χ3v) is 28.7. The Morgan fingerprint density at radius 1 is 0.184 bits per heavy atom. The summed E-state index contributed by atoms with van der Waals surface area (Å²) in [6, 6.07) is 151. The van der Waals surface area contributed by atoms with Crippen LogP contribution in [-0.2, 0) is 21.7 Å². The van der Waals surface area contributed by atoms with Crippen molar-refractivity contribution in [3.8, 4) is 135 Å². The summed E-state index contributed by atoms with van der Waals surface area (Å²) in [7, 11) is 0. The zero-order valence-electron chi connectivity index (χ0n) is 77.0. The van der Waals surface area contributed by atoms with Crippen molar-refractivity contribution >= 4 is 54.9 Å². The molecule has 27 rings (SSSR count). The fourth-order valence-corrected chi connectivity index (χ4v) is 21.8. The molecule has 0 radical (unpaired) electrons. The normalized spacial score (nSPS) is 13.7. The van der Waals surface area contributed by atoms with E-state index in [-0.39, 0.29) is 21.7 Å². The van der Waals surface area contributed by atoms with Crippen LogP contribution in [0.4, 0.5) is 0 Å². The predicted octanol–water partition coefficient (Wildman–Crippen LogP) is 31.3. The molecule has 4 aliphatic rings. The number of para-hydroxylation sites is 4.